The van der Waals surface area contributed by atoms with Crippen LogP contribution in [-0.4, -0.2) is 25.2 Å². The lowest BCUT2D eigenvalue weighted by atomic mass is 9.92. The van der Waals surface area contributed by atoms with E-state index in [4.69, 9.17) is 10.00 Å². The summed E-state index contributed by atoms with van der Waals surface area (Å²) in [7, 11) is -3.78. The van der Waals surface area contributed by atoms with Crippen molar-refractivity contribution in [1.29, 1.82) is 5.26 Å². The number of sulfonamides is 1. The van der Waals surface area contributed by atoms with Crippen molar-refractivity contribution in [2.24, 2.45) is 0 Å². The zero-order chi connectivity index (χ0) is 22.6. The van der Waals surface area contributed by atoms with Crippen LogP contribution in [0.4, 0.5) is 0 Å². The van der Waals surface area contributed by atoms with Gasteiger partial charge in [-0.05, 0) is 47.4 Å². The van der Waals surface area contributed by atoms with Crippen LogP contribution in [-0.2, 0) is 32.6 Å². The van der Waals surface area contributed by atoms with Gasteiger partial charge in [0, 0.05) is 6.54 Å². The summed E-state index contributed by atoms with van der Waals surface area (Å²) in [5, 5.41) is 8.89. The van der Waals surface area contributed by atoms with Gasteiger partial charge in [-0.2, -0.15) is 9.57 Å². The van der Waals surface area contributed by atoms with Crippen molar-refractivity contribution in [1.82, 2.24) is 4.31 Å². The molecular formula is C25H22N2O4S. The molecule has 1 aliphatic heterocycles. The van der Waals surface area contributed by atoms with Crippen molar-refractivity contribution in [2.45, 2.75) is 30.4 Å². The number of fused-ring (bicyclic) bond motifs is 1. The molecule has 1 heterocycles. The highest BCUT2D eigenvalue weighted by molar-refractivity contribution is 7.89. The van der Waals surface area contributed by atoms with E-state index in [0.29, 0.717) is 18.5 Å². The maximum absolute atomic E-state index is 13.4. The van der Waals surface area contributed by atoms with Crippen LogP contribution in [0, 0.1) is 11.3 Å². The number of rotatable bonds is 6. The Morgan fingerprint density at radius 3 is 2.41 bits per heavy atom. The molecule has 1 aliphatic rings. The molecule has 4 rings (SSSR count). The van der Waals surface area contributed by atoms with Gasteiger partial charge in [-0.15, -0.1) is 0 Å². The first kappa shape index (κ1) is 21.8. The molecule has 3 aromatic carbocycles. The molecule has 0 bridgehead atoms. The first-order valence-electron chi connectivity index (χ1n) is 10.3. The van der Waals surface area contributed by atoms with Crippen LogP contribution in [0.1, 0.15) is 34.7 Å². The number of esters is 1. The second kappa shape index (κ2) is 9.35. The molecule has 32 heavy (non-hydrogen) atoms. The van der Waals surface area contributed by atoms with Gasteiger partial charge in [-0.3, -0.25) is 4.79 Å². The quantitative estimate of drug-likeness (QED) is 0.535. The Balaban J connectivity index is 1.56. The predicted octanol–water partition coefficient (Wildman–Crippen LogP) is 3.98. The molecule has 0 saturated carbocycles. The summed E-state index contributed by atoms with van der Waals surface area (Å²) in [6, 6.07) is 24.1. The van der Waals surface area contributed by atoms with Crippen molar-refractivity contribution in [3.63, 3.8) is 0 Å². The normalized spacial score (nSPS) is 16.0. The lowest BCUT2D eigenvalue weighted by Gasteiger charge is -2.36. The summed E-state index contributed by atoms with van der Waals surface area (Å²) in [5.41, 5.74) is 3.15. The molecule has 0 radical (unpaired) electrons. The number of benzene rings is 3. The van der Waals surface area contributed by atoms with Crippen LogP contribution in [0.25, 0.3) is 0 Å². The molecule has 0 fully saturated rings. The van der Waals surface area contributed by atoms with E-state index in [9.17, 15) is 13.2 Å². The first-order valence-corrected chi connectivity index (χ1v) is 11.7. The summed E-state index contributed by atoms with van der Waals surface area (Å²) in [6.45, 7) is 0.353. The number of ether oxygens (including phenoxy) is 1. The maximum Gasteiger partial charge on any atom is 0.308 e. The third-order valence-corrected chi connectivity index (χ3v) is 7.48. The molecule has 0 amide bonds. The van der Waals surface area contributed by atoms with Gasteiger partial charge in [-0.1, -0.05) is 54.6 Å². The topological polar surface area (TPSA) is 87.5 Å². The predicted molar refractivity (Wildman–Crippen MR) is 119 cm³/mol. The zero-order valence-electron chi connectivity index (χ0n) is 17.3. The van der Waals surface area contributed by atoms with Crippen molar-refractivity contribution >= 4 is 16.0 Å². The second-order valence-electron chi connectivity index (χ2n) is 7.57. The minimum Gasteiger partial charge on any atom is -0.461 e. The molecule has 0 aliphatic carbocycles. The molecule has 1 atom stereocenters. The van der Waals surface area contributed by atoms with E-state index < -0.39 is 22.0 Å². The fourth-order valence-corrected chi connectivity index (χ4v) is 5.54. The molecule has 0 spiro atoms. The summed E-state index contributed by atoms with van der Waals surface area (Å²) in [4.78, 5) is 12.9. The van der Waals surface area contributed by atoms with Crippen LogP contribution in [0.3, 0.4) is 0 Å². The van der Waals surface area contributed by atoms with E-state index in [1.807, 2.05) is 30.3 Å². The molecule has 0 aromatic heterocycles. The third-order valence-electron chi connectivity index (χ3n) is 5.56. The van der Waals surface area contributed by atoms with Crippen LogP contribution < -0.4 is 0 Å². The number of nitriles is 1. The van der Waals surface area contributed by atoms with E-state index in [1.54, 1.807) is 54.6 Å². The molecule has 3 aromatic rings. The molecule has 6 nitrogen and oxygen atoms in total. The minimum absolute atomic E-state index is 0.0599. The Bertz CT molecular complexity index is 1250. The van der Waals surface area contributed by atoms with Gasteiger partial charge in [-0.25, -0.2) is 8.42 Å². The van der Waals surface area contributed by atoms with Crippen molar-refractivity contribution in [3.8, 4) is 6.07 Å². The maximum atomic E-state index is 13.4. The fourth-order valence-electron chi connectivity index (χ4n) is 3.91. The average Bonchev–Trinajstić information content (AvgIpc) is 2.83. The zero-order valence-corrected chi connectivity index (χ0v) is 18.2. The molecule has 0 unspecified atom stereocenters. The molecule has 0 saturated heterocycles. The van der Waals surface area contributed by atoms with Crippen molar-refractivity contribution in [2.75, 3.05) is 6.54 Å². The number of hydrogen-bond acceptors (Lipinski definition) is 5. The van der Waals surface area contributed by atoms with E-state index in [0.717, 1.165) is 16.7 Å². The highest BCUT2D eigenvalue weighted by Gasteiger charge is 2.37. The van der Waals surface area contributed by atoms with Gasteiger partial charge in [0.15, 0.2) is 0 Å². The van der Waals surface area contributed by atoms with E-state index in [2.05, 4.69) is 0 Å². The minimum atomic E-state index is -3.78. The highest BCUT2D eigenvalue weighted by Crippen LogP contribution is 2.36. The van der Waals surface area contributed by atoms with Crippen LogP contribution >= 0.6 is 0 Å². The summed E-state index contributed by atoms with van der Waals surface area (Å²) in [5.74, 6) is -0.482. The van der Waals surface area contributed by atoms with Crippen molar-refractivity contribution < 1.29 is 17.9 Å². The Hall–Kier alpha value is -3.47. The number of carbonyl (C=O) groups is 1. The molecule has 0 N–H and O–H groups in total. The lowest BCUT2D eigenvalue weighted by molar-refractivity contribution is -0.146. The van der Waals surface area contributed by atoms with E-state index >= 15 is 0 Å². The van der Waals surface area contributed by atoms with Gasteiger partial charge < -0.3 is 4.74 Å². The van der Waals surface area contributed by atoms with Crippen LogP contribution in [0.15, 0.2) is 83.8 Å². The Morgan fingerprint density at radius 2 is 1.69 bits per heavy atom. The second-order valence-corrected chi connectivity index (χ2v) is 9.46. The van der Waals surface area contributed by atoms with Gasteiger partial charge in [0.2, 0.25) is 10.0 Å². The fraction of sp³-hybridized carbons (Fsp3) is 0.200. The van der Waals surface area contributed by atoms with Gasteiger partial charge in [0.25, 0.3) is 0 Å². The largest absolute Gasteiger partial charge is 0.461 e. The smallest absolute Gasteiger partial charge is 0.308 e. The Labute approximate surface area is 187 Å². The standard InChI is InChI=1S/C25H22N2O4S/c26-17-19-10-12-20(13-11-19)18-31-25(28)16-24-23-9-5-4-6-21(23)14-15-27(24)32(29,30)22-7-2-1-3-8-22/h1-13,24H,14-16,18H2/t24-/m0/s1. The average molecular weight is 447 g/mol. The number of nitrogens with zero attached hydrogens (tertiary/aromatic N) is 2. The molecule has 162 valence electrons. The summed E-state index contributed by atoms with van der Waals surface area (Å²) >= 11 is 0. The van der Waals surface area contributed by atoms with Crippen LogP contribution in [0.2, 0.25) is 0 Å². The number of carbonyl (C=O) groups excluding carboxylic acids is 1. The SMILES string of the molecule is N#Cc1ccc(COC(=O)C[C@H]2c3ccccc3CCN2S(=O)(=O)c2ccccc2)cc1. The first-order chi connectivity index (χ1) is 15.5. The van der Waals surface area contributed by atoms with Crippen molar-refractivity contribution in [3.05, 3.63) is 101 Å². The summed E-state index contributed by atoms with van der Waals surface area (Å²) in [6.07, 6.45) is 0.498. The van der Waals surface area contributed by atoms with E-state index in [1.165, 1.54) is 4.31 Å². The highest BCUT2D eigenvalue weighted by atomic mass is 32.2. The molecule has 7 heteroatoms. The summed E-state index contributed by atoms with van der Waals surface area (Å²) < 4.78 is 33.6. The van der Waals surface area contributed by atoms with E-state index in [-0.39, 0.29) is 17.9 Å². The Kier molecular flexibility index (Phi) is 6.35. The lowest BCUT2D eigenvalue weighted by Crippen LogP contribution is -2.41. The van der Waals surface area contributed by atoms with Gasteiger partial charge in [0.05, 0.1) is 29.0 Å². The monoisotopic (exact) mass is 446 g/mol. The third kappa shape index (κ3) is 4.57. The number of hydrogen-bond donors (Lipinski definition) is 0. The van der Waals surface area contributed by atoms with Crippen LogP contribution in [0.5, 0.6) is 0 Å². The molecular weight excluding hydrogens is 424 g/mol. The Morgan fingerprint density at radius 1 is 1.00 bits per heavy atom. The van der Waals surface area contributed by atoms with Gasteiger partial charge in [0.1, 0.15) is 6.61 Å². The van der Waals surface area contributed by atoms with Gasteiger partial charge >= 0.3 is 5.97 Å².